The Hall–Kier alpha value is -0.880. The maximum absolute atomic E-state index is 13.1. The predicted octanol–water partition coefficient (Wildman–Crippen LogP) is 3.15. The van der Waals surface area contributed by atoms with Crippen LogP contribution in [0.1, 0.15) is 17.5 Å². The van der Waals surface area contributed by atoms with Crippen LogP contribution in [0.5, 0.6) is 0 Å². The molecule has 0 radical (unpaired) electrons. The first-order chi connectivity index (χ1) is 9.43. The summed E-state index contributed by atoms with van der Waals surface area (Å²) in [5.74, 6) is 2.05. The topological polar surface area (TPSA) is 29.3 Å². The summed E-state index contributed by atoms with van der Waals surface area (Å²) in [4.78, 5) is 1.96. The minimum absolute atomic E-state index is 0.220. The monoisotopic (exact) mass is 304 g/mol. The zero-order valence-electron chi connectivity index (χ0n) is 11.4. The molecule has 6 heteroatoms. The number of halogens is 3. The molecule has 112 valence electrons. The lowest BCUT2D eigenvalue weighted by atomic mass is 10.0. The second-order valence-electron chi connectivity index (χ2n) is 5.01. The van der Waals surface area contributed by atoms with Gasteiger partial charge in [-0.25, -0.2) is 0 Å². The third kappa shape index (κ3) is 3.41. The molecule has 1 saturated heterocycles. The molecule has 0 amide bonds. The molecule has 0 bridgehead atoms. The normalized spacial score (nSPS) is 19.4. The average molecular weight is 304 g/mol. The highest BCUT2D eigenvalue weighted by Gasteiger charge is 2.34. The van der Waals surface area contributed by atoms with Crippen molar-refractivity contribution < 1.29 is 13.2 Å². The maximum Gasteiger partial charge on any atom is 0.416 e. The van der Waals surface area contributed by atoms with Gasteiger partial charge in [0.05, 0.1) is 5.56 Å². The first-order valence-electron chi connectivity index (χ1n) is 6.64. The summed E-state index contributed by atoms with van der Waals surface area (Å²) in [7, 11) is 1.87. The number of nitrogens with two attached hydrogens (primary N) is 1. The molecule has 20 heavy (non-hydrogen) atoms. The fourth-order valence-corrected chi connectivity index (χ4v) is 3.73. The van der Waals surface area contributed by atoms with Crippen molar-refractivity contribution in [1.82, 2.24) is 0 Å². The fourth-order valence-electron chi connectivity index (χ4n) is 2.46. The summed E-state index contributed by atoms with van der Waals surface area (Å²) in [6.45, 7) is 0.220. The van der Waals surface area contributed by atoms with Crippen LogP contribution in [0.15, 0.2) is 18.2 Å². The predicted molar refractivity (Wildman–Crippen MR) is 78.3 cm³/mol. The van der Waals surface area contributed by atoms with Crippen molar-refractivity contribution >= 4 is 17.4 Å². The molecule has 1 fully saturated rings. The number of thioether (sulfide) groups is 1. The number of rotatable bonds is 4. The van der Waals surface area contributed by atoms with Gasteiger partial charge in [-0.1, -0.05) is 6.07 Å². The molecule has 1 aliphatic rings. The van der Waals surface area contributed by atoms with Gasteiger partial charge in [-0.05, 0) is 42.8 Å². The standard InChI is InChI=1S/C14H19F3N2S/c1-19(12-5-7-20-9-12)11-3-2-10(4-6-18)13(8-11)14(15,16)17/h2-3,8,12H,4-7,9,18H2,1H3. The molecule has 1 atom stereocenters. The highest BCUT2D eigenvalue weighted by Crippen LogP contribution is 2.36. The van der Waals surface area contributed by atoms with Crippen molar-refractivity contribution in [2.24, 2.45) is 5.73 Å². The van der Waals surface area contributed by atoms with Gasteiger partial charge in [-0.15, -0.1) is 0 Å². The molecule has 0 spiro atoms. The summed E-state index contributed by atoms with van der Waals surface area (Å²) in [5.41, 5.74) is 5.74. The van der Waals surface area contributed by atoms with E-state index in [0.717, 1.165) is 17.9 Å². The Morgan fingerprint density at radius 1 is 1.40 bits per heavy atom. The number of benzene rings is 1. The van der Waals surface area contributed by atoms with Crippen LogP contribution in [0.3, 0.4) is 0 Å². The molecule has 1 aliphatic heterocycles. The van der Waals surface area contributed by atoms with Gasteiger partial charge in [-0.2, -0.15) is 24.9 Å². The summed E-state index contributed by atoms with van der Waals surface area (Å²) in [6.07, 6.45) is -3.06. The zero-order chi connectivity index (χ0) is 14.8. The van der Waals surface area contributed by atoms with Gasteiger partial charge in [0.25, 0.3) is 0 Å². The SMILES string of the molecule is CN(c1ccc(CCN)c(C(F)(F)F)c1)C1CCSC1. The van der Waals surface area contributed by atoms with Gasteiger partial charge in [-0.3, -0.25) is 0 Å². The van der Waals surface area contributed by atoms with E-state index in [2.05, 4.69) is 0 Å². The summed E-state index contributed by atoms with van der Waals surface area (Å²) < 4.78 is 39.4. The quantitative estimate of drug-likeness (QED) is 0.926. The van der Waals surface area contributed by atoms with Gasteiger partial charge in [0.1, 0.15) is 0 Å². The van der Waals surface area contributed by atoms with Gasteiger partial charge in [0.2, 0.25) is 0 Å². The van der Waals surface area contributed by atoms with E-state index in [0.29, 0.717) is 11.7 Å². The Labute approximate surface area is 121 Å². The van der Waals surface area contributed by atoms with Gasteiger partial charge < -0.3 is 10.6 Å². The smallest absolute Gasteiger partial charge is 0.371 e. The Bertz CT molecular complexity index is 456. The van der Waals surface area contributed by atoms with Crippen molar-refractivity contribution in [1.29, 1.82) is 0 Å². The van der Waals surface area contributed by atoms with E-state index in [1.54, 1.807) is 12.1 Å². The minimum atomic E-state index is -4.33. The Balaban J connectivity index is 2.31. The van der Waals surface area contributed by atoms with E-state index in [9.17, 15) is 13.2 Å². The van der Waals surface area contributed by atoms with Gasteiger partial charge in [0.15, 0.2) is 0 Å². The van der Waals surface area contributed by atoms with Crippen LogP contribution >= 0.6 is 11.8 Å². The molecule has 1 aromatic carbocycles. The lowest BCUT2D eigenvalue weighted by Gasteiger charge is -2.27. The molecule has 0 aliphatic carbocycles. The summed E-state index contributed by atoms with van der Waals surface area (Å²) >= 11 is 1.85. The molecular formula is C14H19F3N2S. The van der Waals surface area contributed by atoms with E-state index in [1.807, 2.05) is 23.7 Å². The highest BCUT2D eigenvalue weighted by molar-refractivity contribution is 7.99. The number of nitrogens with zero attached hydrogens (tertiary/aromatic N) is 1. The molecular weight excluding hydrogens is 285 g/mol. The second-order valence-corrected chi connectivity index (χ2v) is 6.16. The third-order valence-corrected chi connectivity index (χ3v) is 4.82. The third-order valence-electron chi connectivity index (χ3n) is 3.67. The highest BCUT2D eigenvalue weighted by atomic mass is 32.2. The lowest BCUT2D eigenvalue weighted by molar-refractivity contribution is -0.138. The molecule has 0 aromatic heterocycles. The Kier molecular flexibility index (Phi) is 4.86. The van der Waals surface area contributed by atoms with Crippen LogP contribution in [-0.2, 0) is 12.6 Å². The molecule has 2 nitrogen and oxygen atoms in total. The van der Waals surface area contributed by atoms with Crippen LogP contribution in [-0.4, -0.2) is 31.1 Å². The van der Waals surface area contributed by atoms with Crippen molar-refractivity contribution in [3.8, 4) is 0 Å². The Morgan fingerprint density at radius 3 is 2.70 bits per heavy atom. The first kappa shape index (κ1) is 15.5. The van der Waals surface area contributed by atoms with Crippen LogP contribution < -0.4 is 10.6 Å². The average Bonchev–Trinajstić information content (AvgIpc) is 2.91. The van der Waals surface area contributed by atoms with Crippen LogP contribution in [0.25, 0.3) is 0 Å². The van der Waals surface area contributed by atoms with Gasteiger partial charge >= 0.3 is 6.18 Å². The summed E-state index contributed by atoms with van der Waals surface area (Å²) in [6, 6.07) is 4.90. The maximum atomic E-state index is 13.1. The molecule has 1 aromatic rings. The van der Waals surface area contributed by atoms with Gasteiger partial charge in [0, 0.05) is 24.5 Å². The molecule has 1 heterocycles. The lowest BCUT2D eigenvalue weighted by Crippen LogP contribution is -2.31. The van der Waals surface area contributed by atoms with Crippen LogP contribution in [0, 0.1) is 0 Å². The van der Waals surface area contributed by atoms with E-state index in [-0.39, 0.29) is 18.5 Å². The number of hydrogen-bond acceptors (Lipinski definition) is 3. The molecule has 2 N–H and O–H groups in total. The van der Waals surface area contributed by atoms with Crippen LogP contribution in [0.2, 0.25) is 0 Å². The van der Waals surface area contributed by atoms with E-state index >= 15 is 0 Å². The number of alkyl halides is 3. The van der Waals surface area contributed by atoms with E-state index in [4.69, 9.17) is 5.73 Å². The number of anilines is 1. The van der Waals surface area contributed by atoms with Crippen molar-refractivity contribution in [2.75, 3.05) is 30.0 Å². The van der Waals surface area contributed by atoms with E-state index < -0.39 is 11.7 Å². The molecule has 2 rings (SSSR count). The van der Waals surface area contributed by atoms with Crippen molar-refractivity contribution in [2.45, 2.75) is 25.1 Å². The first-order valence-corrected chi connectivity index (χ1v) is 7.79. The molecule has 0 saturated carbocycles. The second kappa shape index (κ2) is 6.26. The van der Waals surface area contributed by atoms with Crippen molar-refractivity contribution in [3.05, 3.63) is 29.3 Å². The largest absolute Gasteiger partial charge is 0.416 e. The Morgan fingerprint density at radius 2 is 2.15 bits per heavy atom. The fraction of sp³-hybridized carbons (Fsp3) is 0.571. The molecule has 1 unspecified atom stereocenters. The number of hydrogen-bond donors (Lipinski definition) is 1. The zero-order valence-corrected chi connectivity index (χ0v) is 12.2. The van der Waals surface area contributed by atoms with Crippen LogP contribution in [0.4, 0.5) is 18.9 Å². The minimum Gasteiger partial charge on any atom is -0.371 e. The summed E-state index contributed by atoms with van der Waals surface area (Å²) in [5, 5.41) is 0. The van der Waals surface area contributed by atoms with E-state index in [1.165, 1.54) is 6.07 Å². The van der Waals surface area contributed by atoms with Crippen molar-refractivity contribution in [3.63, 3.8) is 0 Å².